The van der Waals surface area contributed by atoms with Crippen LogP contribution in [0.3, 0.4) is 0 Å². The molecule has 1 heterocycles. The second-order valence-electron chi connectivity index (χ2n) is 5.60. The molecular weight excluding hydrogens is 296 g/mol. The lowest BCUT2D eigenvalue weighted by Gasteiger charge is -2.22. The largest absolute Gasteiger partial charge is 0.330 e. The van der Waals surface area contributed by atoms with E-state index in [2.05, 4.69) is 0 Å². The van der Waals surface area contributed by atoms with Crippen LogP contribution in [-0.2, 0) is 16.4 Å². The van der Waals surface area contributed by atoms with Gasteiger partial charge in [0.15, 0.2) is 0 Å². The quantitative estimate of drug-likeness (QED) is 0.924. The highest BCUT2D eigenvalue weighted by atomic mass is 35.5. The maximum atomic E-state index is 12.6. The fourth-order valence-corrected chi connectivity index (χ4v) is 4.09. The van der Waals surface area contributed by atoms with Gasteiger partial charge >= 0.3 is 0 Å². The molecule has 1 aromatic rings. The number of hydrogen-bond donors (Lipinski definition) is 1. The summed E-state index contributed by atoms with van der Waals surface area (Å²) in [6, 6.07) is 7.21. The van der Waals surface area contributed by atoms with E-state index in [-0.39, 0.29) is 17.8 Å². The van der Waals surface area contributed by atoms with Crippen LogP contribution in [0, 0.1) is 5.41 Å². The van der Waals surface area contributed by atoms with E-state index in [0.29, 0.717) is 24.5 Å². The third-order valence-electron chi connectivity index (χ3n) is 3.96. The van der Waals surface area contributed by atoms with E-state index >= 15 is 0 Å². The van der Waals surface area contributed by atoms with Gasteiger partial charge in [0.25, 0.3) is 0 Å². The fraction of sp³-hybridized carbons (Fsp3) is 0.571. The van der Waals surface area contributed by atoms with E-state index in [0.717, 1.165) is 18.4 Å². The van der Waals surface area contributed by atoms with Crippen molar-refractivity contribution in [3.8, 4) is 0 Å². The van der Waals surface area contributed by atoms with Crippen LogP contribution >= 0.6 is 12.4 Å². The molecule has 1 unspecified atom stereocenters. The van der Waals surface area contributed by atoms with Gasteiger partial charge in [0.05, 0.1) is 4.90 Å². The predicted octanol–water partition coefficient (Wildman–Crippen LogP) is 2.03. The van der Waals surface area contributed by atoms with Crippen LogP contribution in [0.1, 0.15) is 25.8 Å². The highest BCUT2D eigenvalue weighted by molar-refractivity contribution is 7.89. The molecule has 0 spiro atoms. The number of sulfonamides is 1. The molecule has 1 fully saturated rings. The summed E-state index contributed by atoms with van der Waals surface area (Å²) >= 11 is 0. The molecule has 0 aliphatic carbocycles. The van der Waals surface area contributed by atoms with Crippen molar-refractivity contribution in [3.05, 3.63) is 29.8 Å². The highest BCUT2D eigenvalue weighted by Gasteiger charge is 2.38. The smallest absolute Gasteiger partial charge is 0.243 e. The molecule has 0 bridgehead atoms. The van der Waals surface area contributed by atoms with E-state index in [1.54, 1.807) is 16.4 Å². The Morgan fingerprint density at radius 3 is 2.65 bits per heavy atom. The minimum absolute atomic E-state index is 0. The standard InChI is InChI=1S/C14H22N2O2S.ClH/c1-3-12-5-4-6-13(9-12)19(17,18)16-8-7-14(2,10-15)11-16;/h4-6,9H,3,7-8,10-11,15H2,1-2H3;1H. The Balaban J connectivity index is 0.00000200. The van der Waals surface area contributed by atoms with Crippen molar-refractivity contribution >= 4 is 22.4 Å². The zero-order valence-electron chi connectivity index (χ0n) is 12.0. The second kappa shape index (κ2) is 6.43. The summed E-state index contributed by atoms with van der Waals surface area (Å²) in [6.45, 7) is 5.67. The molecule has 2 N–H and O–H groups in total. The first-order chi connectivity index (χ1) is 8.91. The summed E-state index contributed by atoms with van der Waals surface area (Å²) in [6.07, 6.45) is 1.67. The van der Waals surface area contributed by atoms with Crippen molar-refractivity contribution in [2.24, 2.45) is 11.1 Å². The first-order valence-corrected chi connectivity index (χ1v) is 8.14. The minimum Gasteiger partial charge on any atom is -0.330 e. The summed E-state index contributed by atoms with van der Waals surface area (Å²) in [5.41, 5.74) is 6.69. The molecule has 20 heavy (non-hydrogen) atoms. The third kappa shape index (κ3) is 3.34. The van der Waals surface area contributed by atoms with Crippen LogP contribution in [0.2, 0.25) is 0 Å². The van der Waals surface area contributed by atoms with E-state index in [1.165, 1.54) is 0 Å². The Morgan fingerprint density at radius 1 is 1.40 bits per heavy atom. The molecule has 6 heteroatoms. The second-order valence-corrected chi connectivity index (χ2v) is 7.54. The summed E-state index contributed by atoms with van der Waals surface area (Å²) in [4.78, 5) is 0.396. The van der Waals surface area contributed by atoms with Gasteiger partial charge in [-0.3, -0.25) is 0 Å². The Morgan fingerprint density at radius 2 is 2.10 bits per heavy atom. The molecule has 4 nitrogen and oxygen atoms in total. The van der Waals surface area contributed by atoms with Gasteiger partial charge < -0.3 is 5.73 Å². The predicted molar refractivity (Wildman–Crippen MR) is 83.6 cm³/mol. The maximum absolute atomic E-state index is 12.6. The van der Waals surface area contributed by atoms with Gasteiger partial charge in [0.1, 0.15) is 0 Å². The summed E-state index contributed by atoms with van der Waals surface area (Å²) in [5.74, 6) is 0. The van der Waals surface area contributed by atoms with Gasteiger partial charge in [-0.1, -0.05) is 26.0 Å². The number of benzene rings is 1. The van der Waals surface area contributed by atoms with Gasteiger partial charge in [-0.25, -0.2) is 8.42 Å². The van der Waals surface area contributed by atoms with Crippen molar-refractivity contribution in [3.63, 3.8) is 0 Å². The Hall–Kier alpha value is -0.620. The Labute approximate surface area is 127 Å². The zero-order valence-corrected chi connectivity index (χ0v) is 13.6. The average Bonchev–Trinajstić information content (AvgIpc) is 2.83. The molecule has 0 aromatic heterocycles. The van der Waals surface area contributed by atoms with Crippen molar-refractivity contribution in [2.45, 2.75) is 31.6 Å². The van der Waals surface area contributed by atoms with Crippen LogP contribution in [0.25, 0.3) is 0 Å². The summed E-state index contributed by atoms with van der Waals surface area (Å²) in [5, 5.41) is 0. The van der Waals surface area contributed by atoms with Gasteiger partial charge in [0.2, 0.25) is 10.0 Å². The first-order valence-electron chi connectivity index (χ1n) is 6.70. The van der Waals surface area contributed by atoms with Crippen LogP contribution < -0.4 is 5.73 Å². The summed E-state index contributed by atoms with van der Waals surface area (Å²) in [7, 11) is -3.37. The van der Waals surface area contributed by atoms with Crippen molar-refractivity contribution in [2.75, 3.05) is 19.6 Å². The lowest BCUT2D eigenvalue weighted by molar-refractivity contribution is 0.349. The molecule has 1 aromatic carbocycles. The fourth-order valence-electron chi connectivity index (χ4n) is 2.43. The molecule has 1 atom stereocenters. The molecule has 0 radical (unpaired) electrons. The van der Waals surface area contributed by atoms with E-state index in [1.807, 2.05) is 26.0 Å². The molecule has 1 aliphatic rings. The number of rotatable bonds is 4. The van der Waals surface area contributed by atoms with Gasteiger partial charge in [-0.15, -0.1) is 12.4 Å². The molecule has 114 valence electrons. The number of halogens is 1. The first kappa shape index (κ1) is 17.4. The SMILES string of the molecule is CCc1cccc(S(=O)(=O)N2CCC(C)(CN)C2)c1.Cl. The minimum atomic E-state index is -3.37. The molecule has 1 saturated heterocycles. The van der Waals surface area contributed by atoms with Crippen molar-refractivity contribution < 1.29 is 8.42 Å². The topological polar surface area (TPSA) is 63.4 Å². The highest BCUT2D eigenvalue weighted by Crippen LogP contribution is 2.32. The van der Waals surface area contributed by atoms with Crippen LogP contribution in [0.15, 0.2) is 29.2 Å². The average molecular weight is 319 g/mol. The Bertz CT molecular complexity index is 562. The normalized spacial score (nSPS) is 23.6. The summed E-state index contributed by atoms with van der Waals surface area (Å²) < 4.78 is 26.7. The lowest BCUT2D eigenvalue weighted by Crippen LogP contribution is -2.34. The molecule has 0 amide bonds. The molecule has 2 rings (SSSR count). The third-order valence-corrected chi connectivity index (χ3v) is 5.80. The lowest BCUT2D eigenvalue weighted by atomic mass is 9.90. The molecule has 0 saturated carbocycles. The molecular formula is C14H23ClN2O2S. The maximum Gasteiger partial charge on any atom is 0.243 e. The van der Waals surface area contributed by atoms with Crippen LogP contribution in [0.4, 0.5) is 0 Å². The van der Waals surface area contributed by atoms with E-state index in [4.69, 9.17) is 5.73 Å². The van der Waals surface area contributed by atoms with Crippen molar-refractivity contribution in [1.29, 1.82) is 0 Å². The molecule has 1 aliphatic heterocycles. The number of hydrogen-bond acceptors (Lipinski definition) is 3. The van der Waals surface area contributed by atoms with E-state index < -0.39 is 10.0 Å². The number of aryl methyl sites for hydroxylation is 1. The van der Waals surface area contributed by atoms with Crippen LogP contribution in [-0.4, -0.2) is 32.4 Å². The van der Waals surface area contributed by atoms with E-state index in [9.17, 15) is 8.42 Å². The van der Waals surface area contributed by atoms with Crippen molar-refractivity contribution in [1.82, 2.24) is 4.31 Å². The number of nitrogens with zero attached hydrogens (tertiary/aromatic N) is 1. The zero-order chi connectivity index (χ0) is 14.1. The van der Waals surface area contributed by atoms with Gasteiger partial charge in [-0.05, 0) is 42.5 Å². The van der Waals surface area contributed by atoms with Crippen LogP contribution in [0.5, 0.6) is 0 Å². The van der Waals surface area contributed by atoms with Gasteiger partial charge in [-0.2, -0.15) is 4.31 Å². The monoisotopic (exact) mass is 318 g/mol. The van der Waals surface area contributed by atoms with Gasteiger partial charge in [0, 0.05) is 13.1 Å². The Kier molecular flexibility index (Phi) is 5.61. The number of nitrogens with two attached hydrogens (primary N) is 1.